The van der Waals surface area contributed by atoms with E-state index in [0.717, 1.165) is 16.5 Å². The second-order valence-electron chi connectivity index (χ2n) is 5.09. The van der Waals surface area contributed by atoms with E-state index in [1.807, 2.05) is 18.2 Å². The van der Waals surface area contributed by atoms with Gasteiger partial charge >= 0.3 is 5.97 Å². The molecule has 0 amide bonds. The summed E-state index contributed by atoms with van der Waals surface area (Å²) < 4.78 is 5.05. The standard InChI is InChI=1S/C17H12N2O3/c1-2-22-17(21)12-7-18-6-10-9-4-3-5-13-14(9)11(8-19-13)16(20)15(10)12/h3-8,19H,2H2,1H3. The molecule has 2 aromatic heterocycles. The molecule has 108 valence electrons. The molecule has 1 aliphatic rings. The van der Waals surface area contributed by atoms with Crippen molar-refractivity contribution < 1.29 is 14.3 Å². The Kier molecular flexibility index (Phi) is 2.63. The number of pyridine rings is 1. The first kappa shape index (κ1) is 12.8. The lowest BCUT2D eigenvalue weighted by Gasteiger charge is -2.18. The van der Waals surface area contributed by atoms with Crippen LogP contribution in [0, 0.1) is 0 Å². The molecule has 0 spiro atoms. The number of esters is 1. The molecule has 5 heteroatoms. The fourth-order valence-corrected chi connectivity index (χ4v) is 3.00. The third-order valence-electron chi connectivity index (χ3n) is 3.91. The van der Waals surface area contributed by atoms with Gasteiger partial charge in [-0.2, -0.15) is 0 Å². The van der Waals surface area contributed by atoms with Crippen molar-refractivity contribution >= 4 is 22.7 Å². The first-order valence-corrected chi connectivity index (χ1v) is 7.02. The lowest BCUT2D eigenvalue weighted by molar-refractivity contribution is 0.0523. The van der Waals surface area contributed by atoms with Gasteiger partial charge in [-0.25, -0.2) is 4.79 Å². The van der Waals surface area contributed by atoms with Crippen molar-refractivity contribution in [3.63, 3.8) is 0 Å². The van der Waals surface area contributed by atoms with Crippen LogP contribution in [0.4, 0.5) is 0 Å². The number of aromatic amines is 1. The molecule has 1 aliphatic carbocycles. The van der Waals surface area contributed by atoms with E-state index in [1.165, 1.54) is 6.20 Å². The second-order valence-corrected chi connectivity index (χ2v) is 5.09. The van der Waals surface area contributed by atoms with Crippen LogP contribution in [-0.2, 0) is 4.74 Å². The Morgan fingerprint density at radius 2 is 2.09 bits per heavy atom. The summed E-state index contributed by atoms with van der Waals surface area (Å²) in [6, 6.07) is 5.76. The van der Waals surface area contributed by atoms with Crippen LogP contribution in [0.5, 0.6) is 0 Å². The summed E-state index contributed by atoms with van der Waals surface area (Å²) in [5.41, 5.74) is 3.64. The molecule has 0 saturated heterocycles. The molecule has 0 fully saturated rings. The van der Waals surface area contributed by atoms with Gasteiger partial charge in [-0.05, 0) is 18.6 Å². The lowest BCUT2D eigenvalue weighted by atomic mass is 9.84. The maximum Gasteiger partial charge on any atom is 0.340 e. The molecule has 2 heterocycles. The molecule has 3 aromatic rings. The van der Waals surface area contributed by atoms with Gasteiger partial charge in [0.2, 0.25) is 0 Å². The number of benzene rings is 1. The van der Waals surface area contributed by atoms with Crippen molar-refractivity contribution in [3.05, 3.63) is 53.5 Å². The van der Waals surface area contributed by atoms with Crippen LogP contribution in [0.2, 0.25) is 0 Å². The number of nitrogens with one attached hydrogen (secondary N) is 1. The predicted molar refractivity (Wildman–Crippen MR) is 80.9 cm³/mol. The Labute approximate surface area is 125 Å². The van der Waals surface area contributed by atoms with Gasteiger partial charge in [0, 0.05) is 46.2 Å². The van der Waals surface area contributed by atoms with E-state index in [0.29, 0.717) is 16.7 Å². The van der Waals surface area contributed by atoms with Crippen molar-refractivity contribution in [3.8, 4) is 11.1 Å². The molecule has 0 aliphatic heterocycles. The summed E-state index contributed by atoms with van der Waals surface area (Å²) >= 11 is 0. The van der Waals surface area contributed by atoms with Gasteiger partial charge in [0.15, 0.2) is 5.78 Å². The number of rotatable bonds is 2. The monoisotopic (exact) mass is 292 g/mol. The largest absolute Gasteiger partial charge is 0.462 e. The average molecular weight is 292 g/mol. The van der Waals surface area contributed by atoms with Crippen molar-refractivity contribution in [1.82, 2.24) is 9.97 Å². The maximum absolute atomic E-state index is 12.8. The molecular weight excluding hydrogens is 280 g/mol. The summed E-state index contributed by atoms with van der Waals surface area (Å²) in [6.07, 6.45) is 4.71. The molecule has 0 saturated carbocycles. The Hall–Kier alpha value is -2.95. The van der Waals surface area contributed by atoms with Gasteiger partial charge in [0.1, 0.15) is 0 Å². The number of fused-ring (bicyclic) bond motifs is 2. The number of aromatic nitrogens is 2. The molecule has 22 heavy (non-hydrogen) atoms. The van der Waals surface area contributed by atoms with E-state index in [4.69, 9.17) is 4.74 Å². The predicted octanol–water partition coefficient (Wildman–Crippen LogP) is 2.95. The smallest absolute Gasteiger partial charge is 0.340 e. The molecule has 0 bridgehead atoms. The lowest BCUT2D eigenvalue weighted by Crippen LogP contribution is -2.16. The summed E-state index contributed by atoms with van der Waals surface area (Å²) in [7, 11) is 0. The molecule has 1 aromatic carbocycles. The number of H-pyrrole nitrogens is 1. The van der Waals surface area contributed by atoms with Crippen LogP contribution in [0.15, 0.2) is 36.8 Å². The second kappa shape index (κ2) is 4.53. The van der Waals surface area contributed by atoms with Crippen LogP contribution in [0.3, 0.4) is 0 Å². The fraction of sp³-hybridized carbons (Fsp3) is 0.118. The minimum atomic E-state index is -0.522. The molecule has 4 rings (SSSR count). The summed E-state index contributed by atoms with van der Waals surface area (Å²) in [4.78, 5) is 32.2. The molecular formula is C17H12N2O3. The third kappa shape index (κ3) is 1.56. The molecule has 1 N–H and O–H groups in total. The highest BCUT2D eigenvalue weighted by atomic mass is 16.5. The number of hydrogen-bond acceptors (Lipinski definition) is 4. The normalized spacial score (nSPS) is 12.3. The highest BCUT2D eigenvalue weighted by Gasteiger charge is 2.31. The van der Waals surface area contributed by atoms with Gasteiger partial charge < -0.3 is 9.72 Å². The topological polar surface area (TPSA) is 72.0 Å². The van der Waals surface area contributed by atoms with Gasteiger partial charge in [0.25, 0.3) is 0 Å². The van der Waals surface area contributed by atoms with E-state index in [9.17, 15) is 9.59 Å². The highest BCUT2D eigenvalue weighted by Crippen LogP contribution is 2.40. The number of nitrogens with zero attached hydrogens (tertiary/aromatic N) is 1. The quantitative estimate of drug-likeness (QED) is 0.576. The van der Waals surface area contributed by atoms with Gasteiger partial charge in [-0.15, -0.1) is 0 Å². The summed E-state index contributed by atoms with van der Waals surface area (Å²) in [6.45, 7) is 1.98. The molecule has 0 atom stereocenters. The Balaban J connectivity index is 2.06. The number of hydrogen-bond donors (Lipinski definition) is 1. The number of carbonyl (C=O) groups excluding carboxylic acids is 2. The van der Waals surface area contributed by atoms with Crippen molar-refractivity contribution in [1.29, 1.82) is 0 Å². The van der Waals surface area contributed by atoms with Crippen LogP contribution >= 0.6 is 0 Å². The number of ether oxygens (including phenoxy) is 1. The van der Waals surface area contributed by atoms with E-state index in [1.54, 1.807) is 19.3 Å². The summed E-state index contributed by atoms with van der Waals surface area (Å²) in [5, 5.41) is 0.878. The Bertz CT molecular complexity index is 940. The third-order valence-corrected chi connectivity index (χ3v) is 3.91. The van der Waals surface area contributed by atoms with Gasteiger partial charge in [0.05, 0.1) is 12.2 Å². The number of carbonyl (C=O) groups is 2. The fourth-order valence-electron chi connectivity index (χ4n) is 3.00. The van der Waals surface area contributed by atoms with Crippen molar-refractivity contribution in [2.75, 3.05) is 6.61 Å². The van der Waals surface area contributed by atoms with Crippen molar-refractivity contribution in [2.45, 2.75) is 6.92 Å². The van der Waals surface area contributed by atoms with E-state index < -0.39 is 5.97 Å². The zero-order valence-electron chi connectivity index (χ0n) is 11.8. The zero-order chi connectivity index (χ0) is 15.3. The van der Waals surface area contributed by atoms with Crippen LogP contribution in [0.1, 0.15) is 33.2 Å². The SMILES string of the molecule is CCOC(=O)c1cncc2c1C(=O)c1c[nH]c3cccc-2c13. The van der Waals surface area contributed by atoms with Gasteiger partial charge in [-0.3, -0.25) is 9.78 Å². The number of ketones is 1. The van der Waals surface area contributed by atoms with Crippen LogP contribution in [0.25, 0.3) is 22.0 Å². The van der Waals surface area contributed by atoms with Crippen molar-refractivity contribution in [2.24, 2.45) is 0 Å². The van der Waals surface area contributed by atoms with E-state index in [2.05, 4.69) is 9.97 Å². The van der Waals surface area contributed by atoms with Gasteiger partial charge in [-0.1, -0.05) is 12.1 Å². The average Bonchev–Trinajstić information content (AvgIpc) is 2.97. The minimum absolute atomic E-state index is 0.176. The first-order chi connectivity index (χ1) is 10.7. The highest BCUT2D eigenvalue weighted by molar-refractivity contribution is 6.28. The molecule has 0 unspecified atom stereocenters. The Morgan fingerprint density at radius 1 is 1.23 bits per heavy atom. The Morgan fingerprint density at radius 3 is 2.91 bits per heavy atom. The minimum Gasteiger partial charge on any atom is -0.462 e. The van der Waals surface area contributed by atoms with Crippen LogP contribution < -0.4 is 0 Å². The first-order valence-electron chi connectivity index (χ1n) is 7.02. The van der Waals surface area contributed by atoms with E-state index in [-0.39, 0.29) is 18.0 Å². The molecule has 5 nitrogen and oxygen atoms in total. The van der Waals surface area contributed by atoms with E-state index >= 15 is 0 Å². The summed E-state index contributed by atoms with van der Waals surface area (Å²) in [5.74, 6) is -0.697. The zero-order valence-corrected chi connectivity index (χ0v) is 11.8. The maximum atomic E-state index is 12.8. The van der Waals surface area contributed by atoms with Crippen LogP contribution in [-0.4, -0.2) is 28.3 Å². The molecule has 0 radical (unpaired) electrons.